The van der Waals surface area contributed by atoms with Gasteiger partial charge in [-0.2, -0.15) is 13.2 Å². The Morgan fingerprint density at radius 3 is 1.96 bits per heavy atom. The minimum absolute atomic E-state index is 0.00236. The molecule has 0 aliphatic heterocycles. The van der Waals surface area contributed by atoms with E-state index in [1.54, 1.807) is 0 Å². The van der Waals surface area contributed by atoms with Gasteiger partial charge in [0.1, 0.15) is 6.10 Å². The summed E-state index contributed by atoms with van der Waals surface area (Å²) < 4.78 is 40.4. The number of esters is 1. The molecule has 6 heteroatoms. The molecular formula is C18H31F3O3. The predicted octanol–water partition coefficient (Wildman–Crippen LogP) is 4.86. The first kappa shape index (κ1) is 21.3. The number of hydrogen-bond donors (Lipinski definition) is 1. The Morgan fingerprint density at radius 1 is 1.08 bits per heavy atom. The standard InChI is InChI=1S/C13H22O2.C5H9F3O/c1-4-13(2,3)12(14)15-11-8-9-5-6-10(11)7-9;1-3-4(2,9)5(6,7)8/h9-11H,4-8H2,1-3H3;9H,3H2,1-2H3. The molecule has 2 fully saturated rings. The second-order valence-electron chi connectivity index (χ2n) is 7.98. The number of aliphatic hydroxyl groups is 1. The number of alkyl halides is 3. The molecule has 0 spiro atoms. The van der Waals surface area contributed by atoms with Crippen LogP contribution >= 0.6 is 0 Å². The number of carbonyl (C=O) groups excluding carboxylic acids is 1. The fraction of sp³-hybridized carbons (Fsp3) is 0.944. The van der Waals surface area contributed by atoms with Crippen molar-refractivity contribution in [2.75, 3.05) is 0 Å². The second-order valence-corrected chi connectivity index (χ2v) is 7.98. The molecule has 3 nitrogen and oxygen atoms in total. The highest BCUT2D eigenvalue weighted by Gasteiger charge is 2.48. The molecule has 4 unspecified atom stereocenters. The van der Waals surface area contributed by atoms with Crippen LogP contribution in [0.3, 0.4) is 0 Å². The van der Waals surface area contributed by atoms with Crippen molar-refractivity contribution in [2.24, 2.45) is 17.3 Å². The van der Waals surface area contributed by atoms with Crippen LogP contribution in [0.15, 0.2) is 0 Å². The van der Waals surface area contributed by atoms with E-state index in [-0.39, 0.29) is 23.9 Å². The van der Waals surface area contributed by atoms with Crippen molar-refractivity contribution in [1.29, 1.82) is 0 Å². The van der Waals surface area contributed by atoms with Gasteiger partial charge < -0.3 is 9.84 Å². The summed E-state index contributed by atoms with van der Waals surface area (Å²) >= 11 is 0. The van der Waals surface area contributed by atoms with Crippen molar-refractivity contribution < 1.29 is 27.8 Å². The fourth-order valence-electron chi connectivity index (χ4n) is 2.97. The van der Waals surface area contributed by atoms with Gasteiger partial charge in [0, 0.05) is 0 Å². The Kier molecular flexibility index (Phi) is 6.76. The number of ether oxygens (including phenoxy) is 1. The van der Waals surface area contributed by atoms with Crippen molar-refractivity contribution >= 4 is 5.97 Å². The summed E-state index contributed by atoms with van der Waals surface area (Å²) in [5.74, 6) is 1.52. The van der Waals surface area contributed by atoms with Crippen LogP contribution in [0.5, 0.6) is 0 Å². The molecule has 0 heterocycles. The average Bonchev–Trinajstić information content (AvgIpc) is 3.09. The monoisotopic (exact) mass is 352 g/mol. The van der Waals surface area contributed by atoms with E-state index in [9.17, 15) is 18.0 Å². The normalized spacial score (nSPS) is 28.8. The lowest BCUT2D eigenvalue weighted by Gasteiger charge is -2.27. The molecule has 2 rings (SSSR count). The molecule has 4 atom stereocenters. The van der Waals surface area contributed by atoms with Crippen LogP contribution in [0.25, 0.3) is 0 Å². The van der Waals surface area contributed by atoms with Crippen LogP contribution in [0, 0.1) is 17.3 Å². The number of halogens is 3. The summed E-state index contributed by atoms with van der Waals surface area (Å²) in [6.45, 7) is 8.04. The number of hydrogen-bond acceptors (Lipinski definition) is 3. The maximum Gasteiger partial charge on any atom is 0.416 e. The van der Waals surface area contributed by atoms with E-state index in [1.165, 1.54) is 26.2 Å². The van der Waals surface area contributed by atoms with Crippen molar-refractivity contribution in [3.63, 3.8) is 0 Å². The molecule has 2 bridgehead atoms. The number of rotatable bonds is 4. The topological polar surface area (TPSA) is 46.5 Å². The summed E-state index contributed by atoms with van der Waals surface area (Å²) in [6.07, 6.45) is 1.33. The minimum atomic E-state index is -4.50. The van der Waals surface area contributed by atoms with Crippen LogP contribution in [0.2, 0.25) is 0 Å². The Bertz CT molecular complexity index is 430. The van der Waals surface area contributed by atoms with E-state index < -0.39 is 11.8 Å². The highest BCUT2D eigenvalue weighted by Crippen LogP contribution is 2.46. The van der Waals surface area contributed by atoms with Crippen LogP contribution in [-0.4, -0.2) is 29.0 Å². The highest BCUT2D eigenvalue weighted by atomic mass is 19.4. The van der Waals surface area contributed by atoms with Crippen molar-refractivity contribution in [1.82, 2.24) is 0 Å². The summed E-state index contributed by atoms with van der Waals surface area (Å²) in [5, 5.41) is 8.53. The lowest BCUT2D eigenvalue weighted by atomic mass is 9.90. The Morgan fingerprint density at radius 2 is 1.67 bits per heavy atom. The molecule has 0 aromatic rings. The summed E-state index contributed by atoms with van der Waals surface area (Å²) in [4.78, 5) is 11.9. The molecule has 2 aliphatic carbocycles. The van der Waals surface area contributed by atoms with Crippen LogP contribution < -0.4 is 0 Å². The fourth-order valence-corrected chi connectivity index (χ4v) is 2.97. The number of carbonyl (C=O) groups is 1. The van der Waals surface area contributed by atoms with Gasteiger partial charge in [-0.15, -0.1) is 0 Å². The van der Waals surface area contributed by atoms with Crippen molar-refractivity contribution in [3.05, 3.63) is 0 Å². The zero-order chi connectivity index (χ0) is 18.8. The Labute approximate surface area is 143 Å². The summed E-state index contributed by atoms with van der Waals surface area (Å²) in [6, 6.07) is 0. The van der Waals surface area contributed by atoms with Gasteiger partial charge in [-0.25, -0.2) is 0 Å². The highest BCUT2D eigenvalue weighted by molar-refractivity contribution is 5.76. The molecule has 142 valence electrons. The van der Waals surface area contributed by atoms with Crippen LogP contribution in [0.4, 0.5) is 13.2 Å². The zero-order valence-corrected chi connectivity index (χ0v) is 15.4. The molecule has 2 aliphatic rings. The number of fused-ring (bicyclic) bond motifs is 2. The molecule has 2 saturated carbocycles. The molecule has 24 heavy (non-hydrogen) atoms. The lowest BCUT2D eigenvalue weighted by Crippen LogP contribution is -2.41. The van der Waals surface area contributed by atoms with Gasteiger partial charge in [0.05, 0.1) is 5.41 Å². The van der Waals surface area contributed by atoms with E-state index >= 15 is 0 Å². The van der Waals surface area contributed by atoms with Gasteiger partial charge in [0.15, 0.2) is 5.60 Å². The Balaban J connectivity index is 0.000000277. The van der Waals surface area contributed by atoms with Gasteiger partial charge in [-0.05, 0) is 71.1 Å². The third kappa shape index (κ3) is 5.11. The molecule has 0 aromatic carbocycles. The third-order valence-electron chi connectivity index (χ3n) is 5.67. The first-order valence-electron chi connectivity index (χ1n) is 8.84. The van der Waals surface area contributed by atoms with E-state index in [0.29, 0.717) is 5.92 Å². The van der Waals surface area contributed by atoms with Crippen molar-refractivity contribution in [2.45, 2.75) is 91.0 Å². The third-order valence-corrected chi connectivity index (χ3v) is 5.67. The maximum absolute atomic E-state index is 11.9. The van der Waals surface area contributed by atoms with Crippen LogP contribution in [0.1, 0.15) is 73.1 Å². The SMILES string of the molecule is CCC(C)(C)C(=O)OC1CC2CCC1C2.CCC(C)(O)C(F)(F)F. The molecule has 0 amide bonds. The van der Waals surface area contributed by atoms with Gasteiger partial charge in [-0.1, -0.05) is 13.8 Å². The Hall–Kier alpha value is -0.780. The minimum Gasteiger partial charge on any atom is -0.462 e. The van der Waals surface area contributed by atoms with Crippen LogP contribution in [-0.2, 0) is 9.53 Å². The molecular weight excluding hydrogens is 321 g/mol. The first-order chi connectivity index (χ1) is 10.8. The molecule has 0 saturated heterocycles. The maximum atomic E-state index is 11.9. The predicted molar refractivity (Wildman–Crippen MR) is 86.4 cm³/mol. The quantitative estimate of drug-likeness (QED) is 0.735. The van der Waals surface area contributed by atoms with E-state index in [2.05, 4.69) is 0 Å². The second kappa shape index (κ2) is 7.63. The van der Waals surface area contributed by atoms with E-state index in [0.717, 1.165) is 25.7 Å². The summed E-state index contributed by atoms with van der Waals surface area (Å²) in [7, 11) is 0. The van der Waals surface area contributed by atoms with Gasteiger partial charge in [0.25, 0.3) is 0 Å². The van der Waals surface area contributed by atoms with Gasteiger partial charge in [0.2, 0.25) is 0 Å². The van der Waals surface area contributed by atoms with E-state index in [1.807, 2.05) is 20.8 Å². The van der Waals surface area contributed by atoms with Gasteiger partial charge in [-0.3, -0.25) is 4.79 Å². The molecule has 0 radical (unpaired) electrons. The van der Waals surface area contributed by atoms with E-state index in [4.69, 9.17) is 9.84 Å². The lowest BCUT2D eigenvalue weighted by molar-refractivity contribution is -0.253. The van der Waals surface area contributed by atoms with Gasteiger partial charge >= 0.3 is 12.1 Å². The molecule has 1 N–H and O–H groups in total. The zero-order valence-electron chi connectivity index (χ0n) is 15.4. The average molecular weight is 352 g/mol. The smallest absolute Gasteiger partial charge is 0.416 e. The molecule has 0 aromatic heterocycles. The van der Waals surface area contributed by atoms with Crippen molar-refractivity contribution in [3.8, 4) is 0 Å². The first-order valence-corrected chi connectivity index (χ1v) is 8.84. The largest absolute Gasteiger partial charge is 0.462 e. The summed E-state index contributed by atoms with van der Waals surface area (Å²) in [5.41, 5.74) is -2.82.